The maximum Gasteiger partial charge on any atom is 0.319 e. The van der Waals surface area contributed by atoms with Crippen LogP contribution in [-0.2, 0) is 4.79 Å². The topological polar surface area (TPSA) is 129 Å². The van der Waals surface area contributed by atoms with Gasteiger partial charge in [-0.25, -0.2) is 18.4 Å². The number of carboxylic acids is 1. The molecule has 210 valence electrons. The second-order valence-corrected chi connectivity index (χ2v) is 9.93. The zero-order valence-corrected chi connectivity index (χ0v) is 24.0. The number of carboxylic acid groups (broad SMARTS) is 1. The van der Waals surface area contributed by atoms with E-state index in [4.69, 9.17) is 9.84 Å². The van der Waals surface area contributed by atoms with Crippen LogP contribution >= 0.6 is 15.9 Å². The Kier molecular flexibility index (Phi) is 13.0. The van der Waals surface area contributed by atoms with Crippen molar-refractivity contribution < 1.29 is 33.0 Å². The molecule has 2 aromatic carbocycles. The number of carbonyl (C=O) groups is 3. The van der Waals surface area contributed by atoms with Gasteiger partial charge in [-0.2, -0.15) is 0 Å². The van der Waals surface area contributed by atoms with Gasteiger partial charge in [-0.1, -0.05) is 13.8 Å². The summed E-state index contributed by atoms with van der Waals surface area (Å²) >= 11 is 3.10. The fourth-order valence-corrected chi connectivity index (χ4v) is 3.22. The largest absolute Gasteiger partial charge is 0.494 e. The van der Waals surface area contributed by atoms with E-state index in [-0.39, 0.29) is 17.8 Å². The molecule has 9 nitrogen and oxygen atoms in total. The summed E-state index contributed by atoms with van der Waals surface area (Å²) in [5, 5.41) is 19.3. The molecule has 2 rings (SSSR count). The first-order valence-electron chi connectivity index (χ1n) is 11.8. The molecule has 0 saturated heterocycles. The molecule has 0 aliphatic heterocycles. The molecule has 0 aliphatic rings. The minimum absolute atomic E-state index is 0.00903. The maximum atomic E-state index is 13.4. The third-order valence-electron chi connectivity index (χ3n) is 5.78. The predicted octanol–water partition coefficient (Wildman–Crippen LogP) is 6.13. The van der Waals surface area contributed by atoms with Crippen LogP contribution in [0.4, 0.5) is 29.7 Å². The Hall–Kier alpha value is -3.41. The van der Waals surface area contributed by atoms with E-state index in [0.717, 1.165) is 11.6 Å². The summed E-state index contributed by atoms with van der Waals surface area (Å²) in [5.41, 5.74) is 1.62. The van der Waals surface area contributed by atoms with Crippen LogP contribution in [0.25, 0.3) is 0 Å². The highest BCUT2D eigenvalue weighted by molar-refractivity contribution is 9.10. The molecule has 0 spiro atoms. The summed E-state index contributed by atoms with van der Waals surface area (Å²) in [6.45, 7) is 10.9. The van der Waals surface area contributed by atoms with Crippen molar-refractivity contribution in [3.8, 4) is 5.75 Å². The van der Waals surface area contributed by atoms with E-state index in [1.807, 2.05) is 27.7 Å². The standard InChI is InChI=1S/C13H18BrFN2O.C13H17FN2O4/c1-7(2)9(4)16-13(18)17-12-6-11(15)10(14)5-8(12)3;1-7(12(17)18)8(2)15-13(19)16-9-4-5-10(14)11(6-9)20-3/h5-7,9H,1-4H3,(H2,16,17,18);4-8H,1-3H3,(H,17,18)(H2,15,16,19). The van der Waals surface area contributed by atoms with E-state index in [1.165, 1.54) is 32.2 Å². The van der Waals surface area contributed by atoms with E-state index >= 15 is 0 Å². The molecular formula is C26H35BrF2N4O5. The number of ether oxygens (including phenoxy) is 1. The Morgan fingerprint density at radius 2 is 1.47 bits per heavy atom. The Labute approximate surface area is 229 Å². The van der Waals surface area contributed by atoms with Crippen LogP contribution in [0, 0.1) is 30.4 Å². The lowest BCUT2D eigenvalue weighted by atomic mass is 10.0. The molecule has 0 heterocycles. The molecular weight excluding hydrogens is 566 g/mol. The zero-order valence-electron chi connectivity index (χ0n) is 22.4. The van der Waals surface area contributed by atoms with Crippen molar-refractivity contribution in [1.82, 2.24) is 10.6 Å². The highest BCUT2D eigenvalue weighted by atomic mass is 79.9. The number of amides is 4. The van der Waals surface area contributed by atoms with Crippen LogP contribution in [0.1, 0.15) is 40.2 Å². The zero-order chi connectivity index (χ0) is 29.2. The lowest BCUT2D eigenvalue weighted by molar-refractivity contribution is -0.141. The molecule has 38 heavy (non-hydrogen) atoms. The highest BCUT2D eigenvalue weighted by Gasteiger charge is 2.21. The van der Waals surface area contributed by atoms with Gasteiger partial charge >= 0.3 is 18.0 Å². The lowest BCUT2D eigenvalue weighted by Crippen LogP contribution is -2.42. The lowest BCUT2D eigenvalue weighted by Gasteiger charge is -2.18. The minimum atomic E-state index is -0.999. The predicted molar refractivity (Wildman–Crippen MR) is 147 cm³/mol. The third-order valence-corrected chi connectivity index (χ3v) is 6.39. The number of carbonyl (C=O) groups excluding carboxylic acids is 2. The number of methoxy groups -OCH3 is 1. The van der Waals surface area contributed by atoms with Gasteiger partial charge in [0.1, 0.15) is 5.82 Å². The average Bonchev–Trinajstić information content (AvgIpc) is 2.83. The molecule has 12 heteroatoms. The Balaban J connectivity index is 0.000000382. The van der Waals surface area contributed by atoms with E-state index in [2.05, 4.69) is 37.2 Å². The van der Waals surface area contributed by atoms with Crippen molar-refractivity contribution in [2.24, 2.45) is 11.8 Å². The molecule has 0 bridgehead atoms. The van der Waals surface area contributed by atoms with Gasteiger partial charge in [0, 0.05) is 29.5 Å². The van der Waals surface area contributed by atoms with Gasteiger partial charge < -0.3 is 31.1 Å². The van der Waals surface area contributed by atoms with Crippen molar-refractivity contribution in [2.75, 3.05) is 17.7 Å². The molecule has 0 aromatic heterocycles. The number of anilines is 2. The Morgan fingerprint density at radius 3 is 2.03 bits per heavy atom. The number of hydrogen-bond acceptors (Lipinski definition) is 4. The van der Waals surface area contributed by atoms with Crippen LogP contribution in [0.3, 0.4) is 0 Å². The van der Waals surface area contributed by atoms with Crippen molar-refractivity contribution in [3.63, 3.8) is 0 Å². The summed E-state index contributed by atoms with van der Waals surface area (Å²) in [4.78, 5) is 34.2. The highest BCUT2D eigenvalue weighted by Crippen LogP contribution is 2.24. The molecule has 5 N–H and O–H groups in total. The number of hydrogen-bond donors (Lipinski definition) is 5. The summed E-state index contributed by atoms with van der Waals surface area (Å²) in [6, 6.07) is 5.44. The number of benzene rings is 2. The number of nitrogens with one attached hydrogen (secondary N) is 4. The summed E-state index contributed by atoms with van der Waals surface area (Å²) in [6.07, 6.45) is 0. The third kappa shape index (κ3) is 10.5. The Morgan fingerprint density at radius 1 is 0.895 bits per heavy atom. The van der Waals surface area contributed by atoms with E-state index in [1.54, 1.807) is 13.0 Å². The van der Waals surface area contributed by atoms with Gasteiger partial charge in [-0.05, 0) is 79.4 Å². The van der Waals surface area contributed by atoms with Crippen molar-refractivity contribution in [3.05, 3.63) is 52.0 Å². The van der Waals surface area contributed by atoms with E-state index < -0.39 is 35.6 Å². The van der Waals surface area contributed by atoms with Crippen LogP contribution in [0.15, 0.2) is 34.8 Å². The fourth-order valence-electron chi connectivity index (χ4n) is 2.76. The quantitative estimate of drug-likeness (QED) is 0.249. The van der Waals surface area contributed by atoms with Crippen LogP contribution in [0.2, 0.25) is 0 Å². The van der Waals surface area contributed by atoms with Crippen LogP contribution < -0.4 is 26.0 Å². The summed E-state index contributed by atoms with van der Waals surface area (Å²) < 4.78 is 31.8. The molecule has 0 fully saturated rings. The second kappa shape index (κ2) is 15.1. The SMILES string of the molecule is COc1cc(NC(=O)NC(C)C(C)C(=O)O)ccc1F.Cc1cc(Br)c(F)cc1NC(=O)NC(C)C(C)C. The van der Waals surface area contributed by atoms with Gasteiger partial charge in [0.15, 0.2) is 11.6 Å². The number of halogens is 3. The number of urea groups is 2. The van der Waals surface area contributed by atoms with Gasteiger partial charge in [0.25, 0.3) is 0 Å². The molecule has 2 aromatic rings. The van der Waals surface area contributed by atoms with E-state index in [0.29, 0.717) is 21.8 Å². The van der Waals surface area contributed by atoms with Crippen LogP contribution in [0.5, 0.6) is 5.75 Å². The van der Waals surface area contributed by atoms with Gasteiger partial charge in [-0.15, -0.1) is 0 Å². The number of aliphatic carboxylic acids is 1. The number of aryl methyl sites for hydroxylation is 1. The van der Waals surface area contributed by atoms with Crippen LogP contribution in [-0.4, -0.2) is 42.3 Å². The van der Waals surface area contributed by atoms with E-state index in [9.17, 15) is 23.2 Å². The monoisotopic (exact) mass is 600 g/mol. The number of rotatable bonds is 8. The molecule has 3 unspecified atom stereocenters. The maximum absolute atomic E-state index is 13.4. The molecule has 0 aliphatic carbocycles. The van der Waals surface area contributed by atoms with Gasteiger partial charge in [-0.3, -0.25) is 4.79 Å². The molecule has 0 radical (unpaired) electrons. The smallest absolute Gasteiger partial charge is 0.319 e. The molecule has 4 amide bonds. The first-order chi connectivity index (χ1) is 17.7. The van der Waals surface area contributed by atoms with Gasteiger partial charge in [0.05, 0.1) is 17.5 Å². The molecule has 3 atom stereocenters. The Bertz CT molecular complexity index is 1130. The first-order valence-corrected chi connectivity index (χ1v) is 12.6. The average molecular weight is 601 g/mol. The molecule has 0 saturated carbocycles. The second-order valence-electron chi connectivity index (χ2n) is 9.08. The first kappa shape index (κ1) is 32.6. The summed E-state index contributed by atoms with van der Waals surface area (Å²) in [5.74, 6) is -2.29. The summed E-state index contributed by atoms with van der Waals surface area (Å²) in [7, 11) is 1.32. The van der Waals surface area contributed by atoms with Gasteiger partial charge in [0.2, 0.25) is 0 Å². The van der Waals surface area contributed by atoms with Crippen molar-refractivity contribution >= 4 is 45.3 Å². The fraction of sp³-hybridized carbons (Fsp3) is 0.423. The van der Waals surface area contributed by atoms with Crippen molar-refractivity contribution in [2.45, 2.75) is 53.6 Å². The minimum Gasteiger partial charge on any atom is -0.494 e. The normalized spacial score (nSPS) is 12.8. The van der Waals surface area contributed by atoms with Crippen molar-refractivity contribution in [1.29, 1.82) is 0 Å².